The molecule has 0 spiro atoms. The number of hydrogen-bond acceptors (Lipinski definition) is 4. The molecule has 5 nitrogen and oxygen atoms in total. The SMILES string of the molecule is Cc1ccc(OCC2CCN2C)cc1C(=O)NC1(c2cccc3nc(Cl)ccc23)CC1. The zero-order chi connectivity index (χ0) is 21.6. The van der Waals surface area contributed by atoms with E-state index in [1.165, 1.54) is 0 Å². The molecule has 31 heavy (non-hydrogen) atoms. The molecule has 160 valence electrons. The second-order valence-electron chi connectivity index (χ2n) is 8.75. The van der Waals surface area contributed by atoms with E-state index in [4.69, 9.17) is 16.3 Å². The highest BCUT2D eigenvalue weighted by Crippen LogP contribution is 2.48. The van der Waals surface area contributed by atoms with Gasteiger partial charge >= 0.3 is 0 Å². The fraction of sp³-hybridized carbons (Fsp3) is 0.360. The number of ether oxygens (including phenoxy) is 1. The summed E-state index contributed by atoms with van der Waals surface area (Å²) in [6.07, 6.45) is 2.97. The van der Waals surface area contributed by atoms with Gasteiger partial charge in [-0.15, -0.1) is 0 Å². The Morgan fingerprint density at radius 3 is 2.81 bits per heavy atom. The molecule has 1 aromatic heterocycles. The van der Waals surface area contributed by atoms with E-state index in [1.54, 1.807) is 6.07 Å². The number of rotatable bonds is 6. The third kappa shape index (κ3) is 3.88. The number of aromatic nitrogens is 1. The van der Waals surface area contributed by atoms with E-state index in [1.807, 2.05) is 43.3 Å². The molecule has 2 aliphatic rings. The van der Waals surface area contributed by atoms with Crippen molar-refractivity contribution in [2.75, 3.05) is 20.2 Å². The molecule has 2 fully saturated rings. The lowest BCUT2D eigenvalue weighted by Crippen LogP contribution is -2.48. The third-order valence-corrected chi connectivity index (χ3v) is 6.86. The van der Waals surface area contributed by atoms with Gasteiger partial charge in [0.05, 0.1) is 11.1 Å². The number of likely N-dealkylation sites (N-methyl/N-ethyl adjacent to an activating group) is 1. The summed E-state index contributed by atoms with van der Waals surface area (Å²) in [7, 11) is 2.11. The number of nitrogens with one attached hydrogen (secondary N) is 1. The standard InChI is InChI=1S/C25H26ClN3O2/c1-16-6-7-18(31-15-17-10-13-29(17)2)14-20(16)24(30)28-25(11-12-25)21-4-3-5-22-19(21)8-9-23(26)27-22/h3-9,14,17H,10-13,15H2,1-2H3,(H,28,30). The van der Waals surface area contributed by atoms with E-state index < -0.39 is 0 Å². The van der Waals surface area contributed by atoms with Crippen molar-refractivity contribution in [3.05, 3.63) is 70.4 Å². The van der Waals surface area contributed by atoms with Gasteiger partial charge < -0.3 is 10.1 Å². The van der Waals surface area contributed by atoms with Crippen LogP contribution in [0.1, 0.15) is 40.7 Å². The number of halogens is 1. The zero-order valence-electron chi connectivity index (χ0n) is 17.8. The van der Waals surface area contributed by atoms with Crippen LogP contribution >= 0.6 is 11.6 Å². The maximum absolute atomic E-state index is 13.3. The Labute approximate surface area is 187 Å². The Morgan fingerprint density at radius 2 is 2.10 bits per heavy atom. The fourth-order valence-corrected chi connectivity index (χ4v) is 4.48. The number of likely N-dealkylation sites (tertiary alicyclic amines) is 1. The maximum Gasteiger partial charge on any atom is 0.252 e. The summed E-state index contributed by atoms with van der Waals surface area (Å²) in [5, 5.41) is 4.81. The minimum absolute atomic E-state index is 0.0693. The second-order valence-corrected chi connectivity index (χ2v) is 9.14. The second kappa shape index (κ2) is 7.81. The predicted molar refractivity (Wildman–Crippen MR) is 123 cm³/mol. The van der Waals surface area contributed by atoms with Crippen LogP contribution in [0.25, 0.3) is 10.9 Å². The molecule has 5 rings (SSSR count). The van der Waals surface area contributed by atoms with E-state index in [0.29, 0.717) is 23.4 Å². The molecule has 0 radical (unpaired) electrons. The first-order valence-corrected chi connectivity index (χ1v) is 11.1. The summed E-state index contributed by atoms with van der Waals surface area (Å²) in [6.45, 7) is 3.73. The Morgan fingerprint density at radius 1 is 1.26 bits per heavy atom. The highest BCUT2D eigenvalue weighted by molar-refractivity contribution is 6.29. The quantitative estimate of drug-likeness (QED) is 0.570. The maximum atomic E-state index is 13.3. The van der Waals surface area contributed by atoms with E-state index in [0.717, 1.165) is 53.6 Å². The average Bonchev–Trinajstić information content (AvgIpc) is 3.53. The number of carbonyl (C=O) groups is 1. The Kier molecular flexibility index (Phi) is 5.11. The first-order valence-electron chi connectivity index (χ1n) is 10.8. The molecule has 3 aromatic rings. The molecule has 2 heterocycles. The summed E-state index contributed by atoms with van der Waals surface area (Å²) in [5.41, 5.74) is 3.18. The van der Waals surface area contributed by atoms with Crippen molar-refractivity contribution in [1.29, 1.82) is 0 Å². The first kappa shape index (κ1) is 20.3. The summed E-state index contributed by atoms with van der Waals surface area (Å²) >= 11 is 6.07. The van der Waals surface area contributed by atoms with Crippen molar-refractivity contribution >= 4 is 28.4 Å². The van der Waals surface area contributed by atoms with Crippen molar-refractivity contribution in [2.45, 2.75) is 37.8 Å². The minimum atomic E-state index is -0.357. The zero-order valence-corrected chi connectivity index (χ0v) is 18.6. The number of aryl methyl sites for hydroxylation is 1. The van der Waals surface area contributed by atoms with Crippen LogP contribution in [0, 0.1) is 6.92 Å². The largest absolute Gasteiger partial charge is 0.492 e. The van der Waals surface area contributed by atoms with Gasteiger partial charge in [0.15, 0.2) is 0 Å². The molecule has 1 amide bonds. The lowest BCUT2D eigenvalue weighted by molar-refractivity contribution is 0.0767. The van der Waals surface area contributed by atoms with Crippen molar-refractivity contribution in [2.24, 2.45) is 0 Å². The number of hydrogen-bond donors (Lipinski definition) is 1. The van der Waals surface area contributed by atoms with Crippen LogP contribution in [0.4, 0.5) is 0 Å². The molecule has 1 saturated heterocycles. The van der Waals surface area contributed by atoms with Crippen LogP contribution < -0.4 is 10.1 Å². The molecule has 1 aliphatic carbocycles. The molecule has 1 unspecified atom stereocenters. The van der Waals surface area contributed by atoms with Crippen molar-refractivity contribution in [3.8, 4) is 5.75 Å². The minimum Gasteiger partial charge on any atom is -0.492 e. The summed E-state index contributed by atoms with van der Waals surface area (Å²) in [4.78, 5) is 20.0. The van der Waals surface area contributed by atoms with Crippen LogP contribution in [-0.4, -0.2) is 42.0 Å². The molecule has 1 saturated carbocycles. The summed E-state index contributed by atoms with van der Waals surface area (Å²) in [6, 6.07) is 16.0. The number of fused-ring (bicyclic) bond motifs is 1. The Hall–Kier alpha value is -2.63. The third-order valence-electron chi connectivity index (χ3n) is 6.65. The van der Waals surface area contributed by atoms with Crippen LogP contribution in [0.2, 0.25) is 5.15 Å². The van der Waals surface area contributed by atoms with Gasteiger partial charge in [-0.1, -0.05) is 29.8 Å². The van der Waals surface area contributed by atoms with Gasteiger partial charge in [0, 0.05) is 17.0 Å². The van der Waals surface area contributed by atoms with Crippen LogP contribution in [-0.2, 0) is 5.54 Å². The molecular formula is C25H26ClN3O2. The lowest BCUT2D eigenvalue weighted by Gasteiger charge is -2.37. The molecule has 0 bridgehead atoms. The number of pyridine rings is 1. The summed E-state index contributed by atoms with van der Waals surface area (Å²) < 4.78 is 5.98. The van der Waals surface area contributed by atoms with Gasteiger partial charge in [-0.05, 0) is 81.2 Å². The highest BCUT2D eigenvalue weighted by Gasteiger charge is 2.46. The molecule has 6 heteroatoms. The van der Waals surface area contributed by atoms with Gasteiger partial charge in [-0.25, -0.2) is 4.98 Å². The number of nitrogens with zero attached hydrogens (tertiary/aromatic N) is 2. The number of amides is 1. The predicted octanol–water partition coefficient (Wildman–Crippen LogP) is 4.70. The van der Waals surface area contributed by atoms with Gasteiger partial charge in [-0.2, -0.15) is 0 Å². The van der Waals surface area contributed by atoms with E-state index in [9.17, 15) is 4.79 Å². The van der Waals surface area contributed by atoms with Crippen LogP contribution in [0.5, 0.6) is 5.75 Å². The molecule has 1 atom stereocenters. The molecule has 1 N–H and O–H groups in total. The van der Waals surface area contributed by atoms with Crippen LogP contribution in [0.15, 0.2) is 48.5 Å². The normalized spacial score (nSPS) is 19.6. The number of benzene rings is 2. The molecular weight excluding hydrogens is 410 g/mol. The fourth-order valence-electron chi connectivity index (χ4n) is 4.33. The van der Waals surface area contributed by atoms with Gasteiger partial charge in [0.1, 0.15) is 17.5 Å². The first-order chi connectivity index (χ1) is 14.9. The topological polar surface area (TPSA) is 54.5 Å². The van der Waals surface area contributed by atoms with E-state index >= 15 is 0 Å². The van der Waals surface area contributed by atoms with Gasteiger partial charge in [0.2, 0.25) is 0 Å². The summed E-state index contributed by atoms with van der Waals surface area (Å²) in [5.74, 6) is 0.671. The van der Waals surface area contributed by atoms with Crippen molar-refractivity contribution in [1.82, 2.24) is 15.2 Å². The highest BCUT2D eigenvalue weighted by atomic mass is 35.5. The smallest absolute Gasteiger partial charge is 0.252 e. The molecule has 1 aliphatic heterocycles. The monoisotopic (exact) mass is 435 g/mol. The van der Waals surface area contributed by atoms with E-state index in [2.05, 4.69) is 28.3 Å². The van der Waals surface area contributed by atoms with Crippen LogP contribution in [0.3, 0.4) is 0 Å². The van der Waals surface area contributed by atoms with Gasteiger partial charge in [-0.3, -0.25) is 9.69 Å². The van der Waals surface area contributed by atoms with E-state index in [-0.39, 0.29) is 11.4 Å². The Balaban J connectivity index is 1.37. The van der Waals surface area contributed by atoms with Gasteiger partial charge in [0.25, 0.3) is 5.91 Å². The Bertz CT molecular complexity index is 1160. The number of carbonyl (C=O) groups excluding carboxylic acids is 1. The average molecular weight is 436 g/mol. The van der Waals surface area contributed by atoms with Crippen molar-refractivity contribution < 1.29 is 9.53 Å². The lowest BCUT2D eigenvalue weighted by atomic mass is 9.98. The van der Waals surface area contributed by atoms with Crippen molar-refractivity contribution in [3.63, 3.8) is 0 Å². The molecule has 2 aromatic carbocycles.